The predicted molar refractivity (Wildman–Crippen MR) is 166 cm³/mol. The molecule has 3 aromatic heterocycles. The summed E-state index contributed by atoms with van der Waals surface area (Å²) in [5.74, 6) is 3.56. The summed E-state index contributed by atoms with van der Waals surface area (Å²) >= 11 is 0. The largest absolute Gasteiger partial charge is 0.494 e. The van der Waals surface area contributed by atoms with E-state index in [1.54, 1.807) is 7.11 Å². The summed E-state index contributed by atoms with van der Waals surface area (Å²) in [6.45, 7) is 6.13. The van der Waals surface area contributed by atoms with Crippen molar-refractivity contribution in [1.29, 1.82) is 0 Å². The summed E-state index contributed by atoms with van der Waals surface area (Å²) < 4.78 is 10.4. The van der Waals surface area contributed by atoms with E-state index in [4.69, 9.17) is 14.7 Å². The topological polar surface area (TPSA) is 68.4 Å². The zero-order chi connectivity index (χ0) is 28.7. The van der Waals surface area contributed by atoms with Crippen molar-refractivity contribution in [1.82, 2.24) is 28.9 Å². The Bertz CT molecular complexity index is 1760. The highest BCUT2D eigenvalue weighted by Gasteiger charge is 2.46. The van der Waals surface area contributed by atoms with E-state index in [1.165, 1.54) is 24.8 Å². The van der Waals surface area contributed by atoms with Gasteiger partial charge in [0.05, 0.1) is 24.0 Å². The van der Waals surface area contributed by atoms with E-state index in [1.807, 2.05) is 12.1 Å². The van der Waals surface area contributed by atoms with Crippen LogP contribution in [0.2, 0.25) is 0 Å². The number of imidazole rings is 1. The summed E-state index contributed by atoms with van der Waals surface area (Å²) in [7, 11) is 5.90. The number of rotatable bonds is 6. The van der Waals surface area contributed by atoms with Crippen LogP contribution in [0.5, 0.6) is 5.75 Å². The number of likely N-dealkylation sites (tertiary alicyclic amines) is 1. The van der Waals surface area contributed by atoms with E-state index in [0.29, 0.717) is 35.1 Å². The molecule has 2 aliphatic carbocycles. The Hall–Kier alpha value is -3.65. The maximum absolute atomic E-state index is 13.8. The third-order valence-electron chi connectivity index (χ3n) is 10.5. The van der Waals surface area contributed by atoms with Crippen LogP contribution in [0.3, 0.4) is 0 Å². The predicted octanol–water partition coefficient (Wildman–Crippen LogP) is 5.60. The Balaban J connectivity index is 1.22. The average Bonchev–Trinajstić information content (AvgIpc) is 3.41. The molecule has 8 nitrogen and oxygen atoms in total. The number of amides is 1. The van der Waals surface area contributed by atoms with Gasteiger partial charge in [-0.15, -0.1) is 0 Å². The molecular formula is C34H40N6O2. The minimum atomic E-state index is 0.101. The van der Waals surface area contributed by atoms with Gasteiger partial charge in [-0.25, -0.2) is 9.97 Å². The number of methoxy groups -OCH3 is 1. The lowest BCUT2D eigenvalue weighted by Crippen LogP contribution is -2.38. The molecule has 0 spiro atoms. The van der Waals surface area contributed by atoms with E-state index in [2.05, 4.69) is 64.2 Å². The molecule has 4 aliphatic rings. The molecule has 3 fully saturated rings. The molecule has 0 radical (unpaired) electrons. The highest BCUT2D eigenvalue weighted by atomic mass is 16.5. The molecular weight excluding hydrogens is 524 g/mol. The Labute approximate surface area is 247 Å². The fourth-order valence-electron chi connectivity index (χ4n) is 7.77. The number of aromatic nitrogens is 4. The van der Waals surface area contributed by atoms with Crippen LogP contribution in [0.15, 0.2) is 36.4 Å². The highest BCUT2D eigenvalue weighted by Crippen LogP contribution is 2.44. The first-order valence-corrected chi connectivity index (χ1v) is 15.6. The average molecular weight is 565 g/mol. The number of carbonyl (C=O) groups is 1. The van der Waals surface area contributed by atoms with Gasteiger partial charge in [0, 0.05) is 50.2 Å². The first kappa shape index (κ1) is 26.0. The van der Waals surface area contributed by atoms with E-state index in [0.717, 1.165) is 78.3 Å². The second kappa shape index (κ2) is 9.69. The van der Waals surface area contributed by atoms with Crippen molar-refractivity contribution >= 4 is 33.5 Å². The molecule has 0 N–H and O–H groups in total. The molecule has 8 rings (SSSR count). The van der Waals surface area contributed by atoms with Crippen LogP contribution in [0.4, 0.5) is 0 Å². The number of carbonyl (C=O) groups excluding carboxylic acids is 1. The van der Waals surface area contributed by atoms with Gasteiger partial charge in [0.25, 0.3) is 5.91 Å². The SMILES string of the molecule is COc1cc(C(=O)N2CC3CCC2[C@@H]3C)cc2nc(-c3cc4ccc(C5=CCN(C)CC5)nc4n3CC3CC3)n(C)c12. The molecule has 2 saturated carbocycles. The Morgan fingerprint density at radius 3 is 2.62 bits per heavy atom. The number of aryl methyl sites for hydroxylation is 1. The van der Waals surface area contributed by atoms with E-state index in [9.17, 15) is 4.79 Å². The maximum atomic E-state index is 13.8. The number of hydrogen-bond acceptors (Lipinski definition) is 5. The standard InChI is InChI=1S/C34H40N6O2/c1-20-24-8-10-28(20)40(19-24)34(41)25-15-27-31(30(17-25)42-4)38(3)33(36-27)29-16-23-7-9-26(22-11-13-37(2)14-12-22)35-32(23)39(29)18-21-5-6-21/h7,9,11,15-17,20-21,24,28H,5-6,8,10,12-14,18-19H2,1-4H3/t20-,24?,28?/m1/s1. The second-order valence-electron chi connectivity index (χ2n) is 13.2. The number of pyridine rings is 1. The molecule has 2 bridgehead atoms. The van der Waals surface area contributed by atoms with Crippen molar-refractivity contribution in [3.05, 3.63) is 47.7 Å². The highest BCUT2D eigenvalue weighted by molar-refractivity contribution is 6.00. The van der Waals surface area contributed by atoms with Gasteiger partial charge in [-0.1, -0.05) is 13.0 Å². The number of likely N-dealkylation sites (N-methyl/N-ethyl adjacent to an activating group) is 1. The maximum Gasteiger partial charge on any atom is 0.254 e. The third kappa shape index (κ3) is 4.09. The molecule has 1 amide bonds. The zero-order valence-electron chi connectivity index (χ0n) is 25.1. The van der Waals surface area contributed by atoms with Gasteiger partial charge in [-0.3, -0.25) is 4.79 Å². The molecule has 3 atom stereocenters. The lowest BCUT2D eigenvalue weighted by atomic mass is 10.0. The van der Waals surface area contributed by atoms with Crippen LogP contribution in [-0.2, 0) is 13.6 Å². The molecule has 1 saturated heterocycles. The molecule has 5 heterocycles. The monoisotopic (exact) mass is 564 g/mol. The number of ether oxygens (including phenoxy) is 1. The lowest BCUT2D eigenvalue weighted by Gasteiger charge is -2.27. The first-order valence-electron chi connectivity index (χ1n) is 15.6. The van der Waals surface area contributed by atoms with Gasteiger partial charge in [-0.05, 0) is 92.8 Å². The molecule has 218 valence electrons. The van der Waals surface area contributed by atoms with Crippen LogP contribution in [0, 0.1) is 17.8 Å². The first-order chi connectivity index (χ1) is 20.4. The van der Waals surface area contributed by atoms with Crippen LogP contribution in [0.1, 0.15) is 55.1 Å². The van der Waals surface area contributed by atoms with Crippen LogP contribution in [-0.4, -0.2) is 74.6 Å². The van der Waals surface area contributed by atoms with Gasteiger partial charge in [0.1, 0.15) is 16.9 Å². The van der Waals surface area contributed by atoms with Crippen LogP contribution < -0.4 is 4.74 Å². The van der Waals surface area contributed by atoms with E-state index < -0.39 is 0 Å². The summed E-state index contributed by atoms with van der Waals surface area (Å²) in [5, 5.41) is 1.14. The van der Waals surface area contributed by atoms with Crippen LogP contribution in [0.25, 0.3) is 39.2 Å². The number of nitrogens with zero attached hydrogens (tertiary/aromatic N) is 6. The van der Waals surface area contributed by atoms with Crippen molar-refractivity contribution in [2.45, 2.75) is 51.6 Å². The van der Waals surface area contributed by atoms with Gasteiger partial charge in [0.15, 0.2) is 5.82 Å². The van der Waals surface area contributed by atoms with Crippen molar-refractivity contribution in [2.75, 3.05) is 33.8 Å². The number of hydrogen-bond donors (Lipinski definition) is 0. The van der Waals surface area contributed by atoms with Gasteiger partial charge in [-0.2, -0.15) is 0 Å². The Morgan fingerprint density at radius 1 is 1.07 bits per heavy atom. The molecule has 42 heavy (non-hydrogen) atoms. The van der Waals surface area contributed by atoms with Gasteiger partial charge < -0.3 is 23.7 Å². The third-order valence-corrected chi connectivity index (χ3v) is 10.5. The summed E-state index contributed by atoms with van der Waals surface area (Å²) in [5.41, 5.74) is 6.88. The minimum absolute atomic E-state index is 0.101. The normalized spacial score (nSPS) is 24.2. The van der Waals surface area contributed by atoms with Crippen molar-refractivity contribution in [3.8, 4) is 17.3 Å². The fourth-order valence-corrected chi connectivity index (χ4v) is 7.77. The van der Waals surface area contributed by atoms with E-state index in [-0.39, 0.29) is 5.91 Å². The Morgan fingerprint density at radius 2 is 1.93 bits per heavy atom. The number of fused-ring (bicyclic) bond motifs is 4. The number of benzene rings is 1. The van der Waals surface area contributed by atoms with Crippen molar-refractivity contribution in [2.24, 2.45) is 24.8 Å². The summed E-state index contributed by atoms with van der Waals surface area (Å²) in [6, 6.07) is 10.9. The van der Waals surface area contributed by atoms with Gasteiger partial charge in [0.2, 0.25) is 0 Å². The molecule has 1 aromatic carbocycles. The minimum Gasteiger partial charge on any atom is -0.494 e. The zero-order valence-corrected chi connectivity index (χ0v) is 25.1. The fraction of sp³-hybridized carbons (Fsp3) is 0.500. The molecule has 2 unspecified atom stereocenters. The second-order valence-corrected chi connectivity index (χ2v) is 13.2. The summed E-state index contributed by atoms with van der Waals surface area (Å²) in [4.78, 5) is 28.6. The van der Waals surface area contributed by atoms with E-state index >= 15 is 0 Å². The van der Waals surface area contributed by atoms with Gasteiger partial charge >= 0.3 is 0 Å². The molecule has 2 aliphatic heterocycles. The number of piperidine rings is 1. The summed E-state index contributed by atoms with van der Waals surface area (Å²) in [6.07, 6.45) is 8.21. The van der Waals surface area contributed by atoms with Crippen molar-refractivity contribution < 1.29 is 9.53 Å². The quantitative estimate of drug-likeness (QED) is 0.305. The van der Waals surface area contributed by atoms with Crippen LogP contribution >= 0.6 is 0 Å². The Kier molecular flexibility index (Phi) is 6.00. The molecule has 8 heteroatoms. The van der Waals surface area contributed by atoms with Crippen molar-refractivity contribution in [3.63, 3.8) is 0 Å². The molecule has 4 aromatic rings. The smallest absolute Gasteiger partial charge is 0.254 e. The lowest BCUT2D eigenvalue weighted by molar-refractivity contribution is 0.0696.